The average Bonchev–Trinajstić information content (AvgIpc) is 3.25. The van der Waals surface area contributed by atoms with Gasteiger partial charge in [0.15, 0.2) is 0 Å². The normalized spacial score (nSPS) is 18.1. The number of carbonyl (C=O) groups excluding carboxylic acids is 2. The summed E-state index contributed by atoms with van der Waals surface area (Å²) in [7, 11) is 0. The van der Waals surface area contributed by atoms with Gasteiger partial charge in [-0.1, -0.05) is 39.0 Å². The van der Waals surface area contributed by atoms with Gasteiger partial charge in [0.05, 0.1) is 37.7 Å². The molecular weight excluding hydrogens is 432 g/mol. The first kappa shape index (κ1) is 24.4. The van der Waals surface area contributed by atoms with Crippen molar-refractivity contribution in [3.8, 4) is 5.69 Å². The van der Waals surface area contributed by atoms with Crippen LogP contribution in [-0.2, 0) is 19.7 Å². The van der Waals surface area contributed by atoms with E-state index in [1.54, 1.807) is 4.68 Å². The standard InChI is InChI=1S/C25H36N6O3/c1-25(2,3)21-17-22(31(27-21)20-7-5-4-6-8-20)26-23(32)18-28-9-11-30(12-10-28)24(33)19-29-13-15-34-16-14-29/h4-8,17H,9-16,18-19H2,1-3H3,(H,26,32). The van der Waals surface area contributed by atoms with E-state index in [1.165, 1.54) is 0 Å². The molecule has 2 aliphatic rings. The molecule has 0 saturated carbocycles. The molecule has 9 nitrogen and oxygen atoms in total. The number of nitrogens with zero attached hydrogens (tertiary/aromatic N) is 5. The molecule has 2 aliphatic heterocycles. The summed E-state index contributed by atoms with van der Waals surface area (Å²) in [6.45, 7) is 12.7. The molecule has 2 aromatic rings. The molecule has 0 radical (unpaired) electrons. The quantitative estimate of drug-likeness (QED) is 0.693. The third kappa shape index (κ3) is 6.22. The summed E-state index contributed by atoms with van der Waals surface area (Å²) in [5.74, 6) is 0.749. The molecule has 0 aliphatic carbocycles. The molecule has 1 N–H and O–H groups in total. The number of benzene rings is 1. The van der Waals surface area contributed by atoms with Crippen molar-refractivity contribution >= 4 is 17.6 Å². The first-order chi connectivity index (χ1) is 16.3. The Labute approximate surface area is 201 Å². The molecule has 184 valence electrons. The van der Waals surface area contributed by atoms with Gasteiger partial charge < -0.3 is 15.0 Å². The third-order valence-corrected chi connectivity index (χ3v) is 6.30. The lowest BCUT2D eigenvalue weighted by Crippen LogP contribution is -2.53. The molecule has 9 heteroatoms. The van der Waals surface area contributed by atoms with E-state index in [9.17, 15) is 9.59 Å². The highest BCUT2D eigenvalue weighted by atomic mass is 16.5. The first-order valence-electron chi connectivity index (χ1n) is 12.1. The lowest BCUT2D eigenvalue weighted by atomic mass is 9.92. The van der Waals surface area contributed by atoms with Gasteiger partial charge in [-0.3, -0.25) is 19.4 Å². The van der Waals surface area contributed by atoms with Crippen LogP contribution in [0.1, 0.15) is 26.5 Å². The molecular formula is C25H36N6O3. The summed E-state index contributed by atoms with van der Waals surface area (Å²) in [6.07, 6.45) is 0. The van der Waals surface area contributed by atoms with Crippen molar-refractivity contribution in [1.82, 2.24) is 24.5 Å². The zero-order valence-corrected chi connectivity index (χ0v) is 20.5. The molecule has 2 fully saturated rings. The van der Waals surface area contributed by atoms with E-state index in [-0.39, 0.29) is 23.8 Å². The minimum atomic E-state index is -0.135. The molecule has 1 aromatic heterocycles. The summed E-state index contributed by atoms with van der Waals surface area (Å²) < 4.78 is 7.15. The monoisotopic (exact) mass is 468 g/mol. The van der Waals surface area contributed by atoms with Gasteiger partial charge in [0.25, 0.3) is 0 Å². The van der Waals surface area contributed by atoms with Crippen LogP contribution in [0, 0.1) is 0 Å². The Kier molecular flexibility index (Phi) is 7.65. The summed E-state index contributed by atoms with van der Waals surface area (Å²) in [5.41, 5.74) is 1.68. The highest BCUT2D eigenvalue weighted by Crippen LogP contribution is 2.26. The van der Waals surface area contributed by atoms with Crippen LogP contribution >= 0.6 is 0 Å². The van der Waals surface area contributed by atoms with E-state index >= 15 is 0 Å². The minimum absolute atomic E-state index is 0.0781. The van der Waals surface area contributed by atoms with Gasteiger partial charge >= 0.3 is 0 Å². The lowest BCUT2D eigenvalue weighted by Gasteiger charge is -2.36. The fourth-order valence-electron chi connectivity index (χ4n) is 4.19. The van der Waals surface area contributed by atoms with E-state index in [0.717, 1.165) is 24.5 Å². The zero-order chi connectivity index (χ0) is 24.1. The Morgan fingerprint density at radius 3 is 2.24 bits per heavy atom. The van der Waals surface area contributed by atoms with Crippen molar-refractivity contribution in [3.05, 3.63) is 42.1 Å². The SMILES string of the molecule is CC(C)(C)c1cc(NC(=O)CN2CCN(C(=O)CN3CCOCC3)CC2)n(-c2ccccc2)n1. The zero-order valence-electron chi connectivity index (χ0n) is 20.5. The van der Waals surface area contributed by atoms with Crippen LogP contribution < -0.4 is 5.32 Å². The Bertz CT molecular complexity index is 970. The fourth-order valence-corrected chi connectivity index (χ4v) is 4.19. The highest BCUT2D eigenvalue weighted by molar-refractivity contribution is 5.91. The number of ether oxygens (including phenoxy) is 1. The second-order valence-electron chi connectivity index (χ2n) is 10.0. The number of rotatable bonds is 6. The van der Waals surface area contributed by atoms with Crippen LogP contribution in [0.3, 0.4) is 0 Å². The molecule has 4 rings (SSSR count). The second-order valence-corrected chi connectivity index (χ2v) is 10.0. The molecule has 1 aromatic carbocycles. The van der Waals surface area contributed by atoms with Crippen molar-refractivity contribution in [2.45, 2.75) is 26.2 Å². The number of piperazine rings is 1. The largest absolute Gasteiger partial charge is 0.379 e. The molecule has 0 atom stereocenters. The minimum Gasteiger partial charge on any atom is -0.379 e. The maximum absolute atomic E-state index is 12.9. The Morgan fingerprint density at radius 2 is 1.59 bits per heavy atom. The summed E-state index contributed by atoms with van der Waals surface area (Å²) >= 11 is 0. The van der Waals surface area contributed by atoms with Gasteiger partial charge in [0.1, 0.15) is 5.82 Å². The molecule has 2 amide bonds. The predicted octanol–water partition coefficient (Wildman–Crippen LogP) is 1.58. The topological polar surface area (TPSA) is 82.9 Å². The van der Waals surface area contributed by atoms with Gasteiger partial charge in [-0.25, -0.2) is 4.68 Å². The van der Waals surface area contributed by atoms with E-state index in [1.807, 2.05) is 41.3 Å². The maximum Gasteiger partial charge on any atom is 0.239 e. The number of anilines is 1. The van der Waals surface area contributed by atoms with E-state index in [2.05, 4.69) is 35.9 Å². The number of para-hydroxylation sites is 1. The Morgan fingerprint density at radius 1 is 0.941 bits per heavy atom. The first-order valence-corrected chi connectivity index (χ1v) is 12.1. The van der Waals surface area contributed by atoms with Crippen LogP contribution in [0.4, 0.5) is 5.82 Å². The number of nitrogens with one attached hydrogen (secondary N) is 1. The number of carbonyl (C=O) groups is 2. The Balaban J connectivity index is 1.32. The van der Waals surface area contributed by atoms with Crippen LogP contribution in [-0.4, -0.2) is 102 Å². The molecule has 0 bridgehead atoms. The molecule has 34 heavy (non-hydrogen) atoms. The predicted molar refractivity (Wildman–Crippen MR) is 131 cm³/mol. The summed E-state index contributed by atoms with van der Waals surface area (Å²) in [4.78, 5) is 31.7. The van der Waals surface area contributed by atoms with Gasteiger partial charge in [0, 0.05) is 50.7 Å². The van der Waals surface area contributed by atoms with Crippen molar-refractivity contribution in [2.75, 3.05) is 70.9 Å². The van der Waals surface area contributed by atoms with Crippen molar-refractivity contribution < 1.29 is 14.3 Å². The molecule has 2 saturated heterocycles. The fraction of sp³-hybridized carbons (Fsp3) is 0.560. The number of hydrogen-bond donors (Lipinski definition) is 1. The average molecular weight is 469 g/mol. The number of hydrogen-bond acceptors (Lipinski definition) is 6. The third-order valence-electron chi connectivity index (χ3n) is 6.30. The van der Waals surface area contributed by atoms with Gasteiger partial charge in [-0.05, 0) is 12.1 Å². The molecule has 0 spiro atoms. The maximum atomic E-state index is 12.9. The van der Waals surface area contributed by atoms with Crippen LogP contribution in [0.25, 0.3) is 5.69 Å². The Hall–Kier alpha value is -2.75. The second kappa shape index (κ2) is 10.7. The van der Waals surface area contributed by atoms with Crippen LogP contribution in [0.15, 0.2) is 36.4 Å². The molecule has 3 heterocycles. The highest BCUT2D eigenvalue weighted by Gasteiger charge is 2.26. The summed E-state index contributed by atoms with van der Waals surface area (Å²) in [5, 5.41) is 7.82. The van der Waals surface area contributed by atoms with Crippen molar-refractivity contribution in [2.24, 2.45) is 0 Å². The smallest absolute Gasteiger partial charge is 0.239 e. The van der Waals surface area contributed by atoms with E-state index in [4.69, 9.17) is 9.84 Å². The van der Waals surface area contributed by atoms with Crippen molar-refractivity contribution in [3.63, 3.8) is 0 Å². The van der Waals surface area contributed by atoms with Gasteiger partial charge in [-0.15, -0.1) is 0 Å². The lowest BCUT2D eigenvalue weighted by molar-refractivity contribution is -0.135. The van der Waals surface area contributed by atoms with Crippen LogP contribution in [0.5, 0.6) is 0 Å². The number of aromatic nitrogens is 2. The van der Waals surface area contributed by atoms with Crippen LogP contribution in [0.2, 0.25) is 0 Å². The van der Waals surface area contributed by atoms with Gasteiger partial charge in [0.2, 0.25) is 11.8 Å². The van der Waals surface area contributed by atoms with Crippen molar-refractivity contribution in [1.29, 1.82) is 0 Å². The van der Waals surface area contributed by atoms with E-state index < -0.39 is 0 Å². The molecule has 0 unspecified atom stereocenters. The van der Waals surface area contributed by atoms with E-state index in [0.29, 0.717) is 51.8 Å². The van der Waals surface area contributed by atoms with Gasteiger partial charge in [-0.2, -0.15) is 5.10 Å². The number of morpholine rings is 1. The summed E-state index contributed by atoms with van der Waals surface area (Å²) in [6, 6.07) is 11.8. The number of amides is 2.